The first kappa shape index (κ1) is 44.8. The van der Waals surface area contributed by atoms with E-state index in [1.807, 2.05) is 77.6 Å². The third-order valence-corrected chi connectivity index (χ3v) is 13.0. The van der Waals surface area contributed by atoms with Crippen molar-refractivity contribution in [2.24, 2.45) is 0 Å². The van der Waals surface area contributed by atoms with Gasteiger partial charge in [-0.2, -0.15) is 0 Å². The first-order valence-corrected chi connectivity index (χ1v) is 24.0. The van der Waals surface area contributed by atoms with E-state index in [4.69, 9.17) is 19.4 Å². The maximum absolute atomic E-state index is 6.60. The van der Waals surface area contributed by atoms with Crippen molar-refractivity contribution in [3.63, 3.8) is 0 Å². The molecule has 0 aliphatic carbocycles. The molecule has 0 saturated heterocycles. The number of ether oxygens (including phenoxy) is 2. The van der Waals surface area contributed by atoms with Crippen LogP contribution in [0, 0.1) is 0 Å². The van der Waals surface area contributed by atoms with E-state index in [0.29, 0.717) is 52.6 Å². The highest BCUT2D eigenvalue weighted by atomic mass is 16.5. The molecule has 8 heteroatoms. The van der Waals surface area contributed by atoms with Crippen molar-refractivity contribution in [1.29, 1.82) is 0 Å². The largest absolute Gasteiger partial charge is 0.457 e. The first-order valence-electron chi connectivity index (χ1n) is 24.0. The molecular formula is C61H56N6O2. The van der Waals surface area contributed by atoms with Crippen LogP contribution in [0.5, 0.6) is 23.0 Å². The lowest BCUT2D eigenvalue weighted by Crippen LogP contribution is -2.01. The molecule has 0 aliphatic heterocycles. The standard InChI is InChI=1S/C61H56N6O2/c1-37(2)49-17-11-18-50(38(3)4)59(49)43-21-27-55(63-33-43)41-13-9-15-45(29-41)68-47-23-25-53-54-26-24-48(32-58(54)67(57(53)31-47)61-65-35-62-36-66-61)69-46-16-10-14-42(30-46)56-28-22-44(34-64-56)60-51(39(5)6)19-12-20-52(60)40(7)8/h9-40H,1-8H3. The molecule has 0 amide bonds. The zero-order valence-electron chi connectivity index (χ0n) is 40.5. The van der Waals surface area contributed by atoms with Gasteiger partial charge in [-0.1, -0.05) is 128 Å². The second-order valence-electron chi connectivity index (χ2n) is 19.0. The van der Waals surface area contributed by atoms with Gasteiger partial charge in [-0.25, -0.2) is 15.0 Å². The molecule has 0 N–H and O–H groups in total. The van der Waals surface area contributed by atoms with Crippen molar-refractivity contribution >= 4 is 21.8 Å². The Bertz CT molecular complexity index is 3190. The van der Waals surface area contributed by atoms with E-state index in [1.165, 1.54) is 46.0 Å². The molecule has 0 spiro atoms. The molecule has 0 bridgehead atoms. The van der Waals surface area contributed by atoms with Crippen molar-refractivity contribution in [1.82, 2.24) is 29.5 Å². The summed E-state index contributed by atoms with van der Waals surface area (Å²) in [5.74, 6) is 4.84. The van der Waals surface area contributed by atoms with E-state index in [0.717, 1.165) is 55.4 Å². The van der Waals surface area contributed by atoms with Crippen LogP contribution in [-0.2, 0) is 0 Å². The summed E-state index contributed by atoms with van der Waals surface area (Å²) in [6, 6.07) is 50.3. The Kier molecular flexibility index (Phi) is 12.3. The van der Waals surface area contributed by atoms with Crippen LogP contribution < -0.4 is 9.47 Å². The number of rotatable bonds is 13. The van der Waals surface area contributed by atoms with Gasteiger partial charge in [0.1, 0.15) is 35.7 Å². The number of pyridine rings is 2. The van der Waals surface area contributed by atoms with Crippen LogP contribution in [0.3, 0.4) is 0 Å². The number of benzene rings is 6. The quantitative estimate of drug-likeness (QED) is 0.114. The summed E-state index contributed by atoms with van der Waals surface area (Å²) in [5.41, 5.74) is 15.7. The zero-order chi connectivity index (χ0) is 47.8. The minimum atomic E-state index is 0.400. The molecular weight excluding hydrogens is 849 g/mol. The van der Waals surface area contributed by atoms with Gasteiger partial charge in [0.15, 0.2) is 0 Å². The highest BCUT2D eigenvalue weighted by Gasteiger charge is 2.20. The van der Waals surface area contributed by atoms with E-state index in [9.17, 15) is 0 Å². The van der Waals surface area contributed by atoms with Crippen LogP contribution in [0.25, 0.3) is 72.5 Å². The van der Waals surface area contributed by atoms with Crippen molar-refractivity contribution in [3.8, 4) is 73.7 Å². The minimum Gasteiger partial charge on any atom is -0.457 e. The molecule has 8 nitrogen and oxygen atoms in total. The summed E-state index contributed by atoms with van der Waals surface area (Å²) >= 11 is 0. The van der Waals surface area contributed by atoms with E-state index in [2.05, 4.69) is 155 Å². The van der Waals surface area contributed by atoms with Crippen LogP contribution in [0.4, 0.5) is 0 Å². The summed E-state index contributed by atoms with van der Waals surface area (Å²) < 4.78 is 15.2. The molecule has 0 fully saturated rings. The lowest BCUT2D eigenvalue weighted by atomic mass is 9.85. The maximum Gasteiger partial charge on any atom is 0.237 e. The third-order valence-electron chi connectivity index (χ3n) is 13.0. The summed E-state index contributed by atoms with van der Waals surface area (Å²) in [4.78, 5) is 23.2. The second kappa shape index (κ2) is 19.0. The Labute approximate surface area is 404 Å². The van der Waals surface area contributed by atoms with Gasteiger partial charge in [-0.05, 0) is 118 Å². The lowest BCUT2D eigenvalue weighted by molar-refractivity contribution is 0.483. The molecule has 0 unspecified atom stereocenters. The van der Waals surface area contributed by atoms with Gasteiger partial charge in [0, 0.05) is 57.6 Å². The predicted octanol–water partition coefficient (Wildman–Crippen LogP) is 16.5. The Balaban J connectivity index is 0.931. The van der Waals surface area contributed by atoms with Crippen molar-refractivity contribution in [2.45, 2.75) is 79.1 Å². The van der Waals surface area contributed by atoms with E-state index in [1.54, 1.807) is 0 Å². The average molecular weight is 905 g/mol. The summed E-state index contributed by atoms with van der Waals surface area (Å²) in [6.07, 6.45) is 7.03. The number of hydrogen-bond acceptors (Lipinski definition) is 7. The van der Waals surface area contributed by atoms with Crippen molar-refractivity contribution < 1.29 is 9.47 Å². The summed E-state index contributed by atoms with van der Waals surface area (Å²) in [5, 5.41) is 2.05. The number of fused-ring (bicyclic) bond motifs is 3. The van der Waals surface area contributed by atoms with Crippen LogP contribution in [0.1, 0.15) is 101 Å². The average Bonchev–Trinajstić information content (AvgIpc) is 3.69. The van der Waals surface area contributed by atoms with Gasteiger partial charge in [0.25, 0.3) is 0 Å². The van der Waals surface area contributed by atoms with Gasteiger partial charge in [0.2, 0.25) is 5.95 Å². The molecule has 6 aromatic carbocycles. The molecule has 0 radical (unpaired) electrons. The van der Waals surface area contributed by atoms with Gasteiger partial charge in [-0.15, -0.1) is 0 Å². The Morgan fingerprint density at radius 1 is 0.377 bits per heavy atom. The van der Waals surface area contributed by atoms with E-state index < -0.39 is 0 Å². The highest BCUT2D eigenvalue weighted by molar-refractivity contribution is 6.09. The van der Waals surface area contributed by atoms with E-state index in [-0.39, 0.29) is 0 Å². The van der Waals surface area contributed by atoms with E-state index >= 15 is 0 Å². The Morgan fingerprint density at radius 3 is 1.14 bits per heavy atom. The second-order valence-corrected chi connectivity index (χ2v) is 19.0. The molecule has 10 rings (SSSR count). The number of aromatic nitrogens is 6. The van der Waals surface area contributed by atoms with Crippen LogP contribution in [0.2, 0.25) is 0 Å². The molecule has 0 saturated carbocycles. The fourth-order valence-electron chi connectivity index (χ4n) is 9.57. The van der Waals surface area contributed by atoms with Gasteiger partial charge in [-0.3, -0.25) is 14.5 Å². The van der Waals surface area contributed by atoms with Crippen LogP contribution in [0.15, 0.2) is 171 Å². The molecule has 10 aromatic rings. The number of nitrogens with zero attached hydrogens (tertiary/aromatic N) is 6. The molecule has 4 heterocycles. The maximum atomic E-state index is 6.60. The van der Waals surface area contributed by atoms with Crippen LogP contribution in [-0.4, -0.2) is 29.5 Å². The van der Waals surface area contributed by atoms with Gasteiger partial charge < -0.3 is 9.47 Å². The monoisotopic (exact) mass is 904 g/mol. The zero-order valence-corrected chi connectivity index (χ0v) is 40.5. The molecule has 69 heavy (non-hydrogen) atoms. The van der Waals surface area contributed by atoms with Crippen molar-refractivity contribution in [2.75, 3.05) is 0 Å². The fourth-order valence-corrected chi connectivity index (χ4v) is 9.57. The Morgan fingerprint density at radius 2 is 0.768 bits per heavy atom. The first-order chi connectivity index (χ1) is 33.5. The summed E-state index contributed by atoms with van der Waals surface area (Å²) in [6.45, 7) is 18.0. The molecule has 342 valence electrons. The fraction of sp³-hybridized carbons (Fsp3) is 0.197. The SMILES string of the molecule is CC(C)c1cccc(C(C)C)c1-c1ccc(-c2cccc(Oc3ccc4c5ccc(Oc6cccc(-c7ccc(-c8c(C(C)C)cccc8C(C)C)cn7)c6)cc5n(-c5ncncn5)c4c3)c2)nc1. The number of hydrogen-bond donors (Lipinski definition) is 0. The molecule has 0 atom stereocenters. The lowest BCUT2D eigenvalue weighted by Gasteiger charge is -2.20. The predicted molar refractivity (Wildman–Crippen MR) is 281 cm³/mol. The minimum absolute atomic E-state index is 0.400. The molecule has 0 aliphatic rings. The summed E-state index contributed by atoms with van der Waals surface area (Å²) in [7, 11) is 0. The normalized spacial score (nSPS) is 11.7. The third kappa shape index (κ3) is 8.98. The van der Waals surface area contributed by atoms with Gasteiger partial charge in [0.05, 0.1) is 22.4 Å². The van der Waals surface area contributed by atoms with Gasteiger partial charge >= 0.3 is 0 Å². The molecule has 4 aromatic heterocycles. The van der Waals surface area contributed by atoms with Crippen molar-refractivity contribution in [3.05, 3.63) is 193 Å². The Hall–Kier alpha value is -7.97. The smallest absolute Gasteiger partial charge is 0.237 e. The topological polar surface area (TPSA) is 87.8 Å². The van der Waals surface area contributed by atoms with Crippen LogP contribution >= 0.6 is 0 Å². The highest BCUT2D eigenvalue weighted by Crippen LogP contribution is 2.41.